The molecule has 9 heteroatoms. The standard InChI is InChI=1S/C24H29N3O6/c1-24(2,3)33-23(31)26-14-13-25-22(30)17-7-5-6-8-18(17)27-21(29)12-10-16-9-11-19(28)20(15-16)32-4/h5-12,15,28H,13-14H2,1-4H3,(H,25,30)(H,26,31)(H,27,29)/b12-10+. The van der Waals surface area contributed by atoms with E-state index in [4.69, 9.17) is 9.47 Å². The van der Waals surface area contributed by atoms with Gasteiger partial charge in [0.05, 0.1) is 18.4 Å². The molecular formula is C24H29N3O6. The molecule has 0 aromatic heterocycles. The molecule has 4 N–H and O–H groups in total. The predicted octanol–water partition coefficient (Wildman–Crippen LogP) is 3.31. The van der Waals surface area contributed by atoms with Gasteiger partial charge in [-0.2, -0.15) is 0 Å². The largest absolute Gasteiger partial charge is 0.504 e. The maximum absolute atomic E-state index is 12.5. The third-order valence-corrected chi connectivity index (χ3v) is 4.14. The third kappa shape index (κ3) is 8.56. The summed E-state index contributed by atoms with van der Waals surface area (Å²) in [6.07, 6.45) is 2.30. The molecule has 0 aliphatic heterocycles. The number of para-hydroxylation sites is 1. The molecule has 33 heavy (non-hydrogen) atoms. The second-order valence-corrected chi connectivity index (χ2v) is 7.98. The van der Waals surface area contributed by atoms with E-state index in [1.165, 1.54) is 19.3 Å². The number of ether oxygens (including phenoxy) is 2. The Kier molecular flexibility index (Phi) is 8.85. The van der Waals surface area contributed by atoms with Gasteiger partial charge in [0.15, 0.2) is 11.5 Å². The fourth-order valence-electron chi connectivity index (χ4n) is 2.68. The number of anilines is 1. The summed E-state index contributed by atoms with van der Waals surface area (Å²) >= 11 is 0. The fraction of sp³-hybridized carbons (Fsp3) is 0.292. The quantitative estimate of drug-likeness (QED) is 0.357. The van der Waals surface area contributed by atoms with E-state index in [0.717, 1.165) is 0 Å². The SMILES string of the molecule is COc1cc(/C=C/C(=O)Nc2ccccc2C(=O)NCCNC(=O)OC(C)(C)C)ccc1O. The minimum absolute atomic E-state index is 0.000311. The molecule has 0 saturated heterocycles. The Morgan fingerprint density at radius 1 is 1.03 bits per heavy atom. The molecule has 2 aromatic carbocycles. The van der Waals surface area contributed by atoms with Crippen molar-refractivity contribution in [2.75, 3.05) is 25.5 Å². The van der Waals surface area contributed by atoms with Crippen molar-refractivity contribution >= 4 is 29.7 Å². The molecule has 3 amide bonds. The highest BCUT2D eigenvalue weighted by atomic mass is 16.6. The van der Waals surface area contributed by atoms with E-state index < -0.39 is 23.5 Å². The molecule has 0 atom stereocenters. The van der Waals surface area contributed by atoms with E-state index >= 15 is 0 Å². The van der Waals surface area contributed by atoms with Crippen LogP contribution in [0, 0.1) is 0 Å². The van der Waals surface area contributed by atoms with Crippen LogP contribution in [0.2, 0.25) is 0 Å². The van der Waals surface area contributed by atoms with Crippen LogP contribution in [0.5, 0.6) is 11.5 Å². The average Bonchev–Trinajstić information content (AvgIpc) is 2.75. The van der Waals surface area contributed by atoms with Crippen molar-refractivity contribution in [1.82, 2.24) is 10.6 Å². The number of alkyl carbamates (subject to hydrolysis) is 1. The number of rotatable bonds is 8. The van der Waals surface area contributed by atoms with Gasteiger partial charge in [0.1, 0.15) is 5.60 Å². The first-order valence-corrected chi connectivity index (χ1v) is 10.3. The molecule has 0 aliphatic carbocycles. The number of hydrogen-bond donors (Lipinski definition) is 4. The van der Waals surface area contributed by atoms with Crippen LogP contribution in [0.1, 0.15) is 36.7 Å². The summed E-state index contributed by atoms with van der Waals surface area (Å²) in [5.74, 6) is -0.543. The summed E-state index contributed by atoms with van der Waals surface area (Å²) in [4.78, 5) is 36.5. The van der Waals surface area contributed by atoms with E-state index in [9.17, 15) is 19.5 Å². The van der Waals surface area contributed by atoms with Crippen molar-refractivity contribution in [2.45, 2.75) is 26.4 Å². The van der Waals surface area contributed by atoms with E-state index in [1.54, 1.807) is 63.2 Å². The van der Waals surface area contributed by atoms with E-state index in [-0.39, 0.29) is 24.4 Å². The first-order valence-electron chi connectivity index (χ1n) is 10.3. The number of hydrogen-bond acceptors (Lipinski definition) is 6. The Hall–Kier alpha value is -4.01. The highest BCUT2D eigenvalue weighted by Gasteiger charge is 2.16. The first-order chi connectivity index (χ1) is 15.6. The number of carbonyl (C=O) groups is 3. The lowest BCUT2D eigenvalue weighted by Crippen LogP contribution is -2.38. The number of aromatic hydroxyl groups is 1. The predicted molar refractivity (Wildman–Crippen MR) is 125 cm³/mol. The molecule has 0 saturated carbocycles. The Bertz CT molecular complexity index is 1030. The average molecular weight is 456 g/mol. The van der Waals surface area contributed by atoms with E-state index in [2.05, 4.69) is 16.0 Å². The smallest absolute Gasteiger partial charge is 0.407 e. The number of benzene rings is 2. The zero-order valence-corrected chi connectivity index (χ0v) is 19.1. The second kappa shape index (κ2) is 11.6. The lowest BCUT2D eigenvalue weighted by atomic mass is 10.1. The Morgan fingerprint density at radius 2 is 1.73 bits per heavy atom. The van der Waals surface area contributed by atoms with Gasteiger partial charge >= 0.3 is 6.09 Å². The number of phenols is 1. The number of carbonyl (C=O) groups excluding carboxylic acids is 3. The number of nitrogens with one attached hydrogen (secondary N) is 3. The lowest BCUT2D eigenvalue weighted by molar-refractivity contribution is -0.111. The van der Waals surface area contributed by atoms with Crippen LogP contribution in [-0.4, -0.2) is 48.8 Å². The topological polar surface area (TPSA) is 126 Å². The van der Waals surface area contributed by atoms with Gasteiger partial charge in [0.25, 0.3) is 5.91 Å². The maximum atomic E-state index is 12.5. The molecular weight excluding hydrogens is 426 g/mol. The van der Waals surface area contributed by atoms with Gasteiger partial charge in [0.2, 0.25) is 5.91 Å². The zero-order chi connectivity index (χ0) is 24.4. The second-order valence-electron chi connectivity index (χ2n) is 7.98. The van der Waals surface area contributed by atoms with Crippen LogP contribution in [0.3, 0.4) is 0 Å². The number of amides is 3. The molecule has 0 heterocycles. The fourth-order valence-corrected chi connectivity index (χ4v) is 2.68. The highest BCUT2D eigenvalue weighted by molar-refractivity contribution is 6.07. The molecule has 0 aliphatic rings. The van der Waals surface area contributed by atoms with E-state index in [0.29, 0.717) is 17.0 Å². The van der Waals surface area contributed by atoms with Crippen LogP contribution in [-0.2, 0) is 9.53 Å². The molecule has 176 valence electrons. The molecule has 0 unspecified atom stereocenters. The number of methoxy groups -OCH3 is 1. The minimum atomic E-state index is -0.604. The van der Waals surface area contributed by atoms with E-state index in [1.807, 2.05) is 0 Å². The van der Waals surface area contributed by atoms with Gasteiger partial charge in [-0.05, 0) is 56.7 Å². The van der Waals surface area contributed by atoms with Gasteiger partial charge in [-0.15, -0.1) is 0 Å². The summed E-state index contributed by atoms with van der Waals surface area (Å²) in [6.45, 7) is 5.65. The monoisotopic (exact) mass is 455 g/mol. The number of phenolic OH excluding ortho intramolecular Hbond substituents is 1. The maximum Gasteiger partial charge on any atom is 0.407 e. The minimum Gasteiger partial charge on any atom is -0.504 e. The van der Waals surface area contributed by atoms with Gasteiger partial charge in [0, 0.05) is 19.2 Å². The Labute approximate surface area is 192 Å². The molecule has 0 radical (unpaired) electrons. The van der Waals surface area contributed by atoms with Crippen molar-refractivity contribution < 1.29 is 29.0 Å². The van der Waals surface area contributed by atoms with Crippen LogP contribution >= 0.6 is 0 Å². The van der Waals surface area contributed by atoms with Crippen molar-refractivity contribution in [3.63, 3.8) is 0 Å². The molecule has 0 bridgehead atoms. The summed E-state index contributed by atoms with van der Waals surface area (Å²) in [5, 5.41) is 17.6. The molecule has 9 nitrogen and oxygen atoms in total. The van der Waals surface area contributed by atoms with Crippen molar-refractivity contribution in [3.8, 4) is 11.5 Å². The third-order valence-electron chi connectivity index (χ3n) is 4.14. The summed E-state index contributed by atoms with van der Waals surface area (Å²) in [5.41, 5.74) is 0.673. The molecule has 0 fully saturated rings. The van der Waals surface area contributed by atoms with Crippen molar-refractivity contribution in [2.24, 2.45) is 0 Å². The van der Waals surface area contributed by atoms with Gasteiger partial charge in [-0.3, -0.25) is 9.59 Å². The normalized spacial score (nSPS) is 11.0. The van der Waals surface area contributed by atoms with Crippen LogP contribution in [0.25, 0.3) is 6.08 Å². The zero-order valence-electron chi connectivity index (χ0n) is 19.1. The van der Waals surface area contributed by atoms with Crippen LogP contribution in [0.15, 0.2) is 48.5 Å². The molecule has 2 rings (SSSR count). The summed E-state index contributed by atoms with van der Waals surface area (Å²) in [7, 11) is 1.44. The summed E-state index contributed by atoms with van der Waals surface area (Å²) in [6, 6.07) is 11.3. The Balaban J connectivity index is 1.93. The summed E-state index contributed by atoms with van der Waals surface area (Å²) < 4.78 is 10.2. The van der Waals surface area contributed by atoms with Gasteiger partial charge in [-0.1, -0.05) is 18.2 Å². The van der Waals surface area contributed by atoms with Gasteiger partial charge in [-0.25, -0.2) is 4.79 Å². The van der Waals surface area contributed by atoms with Crippen molar-refractivity contribution in [3.05, 3.63) is 59.7 Å². The Morgan fingerprint density at radius 3 is 2.42 bits per heavy atom. The van der Waals surface area contributed by atoms with Crippen molar-refractivity contribution in [1.29, 1.82) is 0 Å². The first kappa shape index (κ1) is 25.3. The lowest BCUT2D eigenvalue weighted by Gasteiger charge is -2.19. The molecule has 2 aromatic rings. The van der Waals surface area contributed by atoms with Crippen LogP contribution < -0.4 is 20.7 Å². The van der Waals surface area contributed by atoms with Crippen LogP contribution in [0.4, 0.5) is 10.5 Å². The highest BCUT2D eigenvalue weighted by Crippen LogP contribution is 2.26. The molecule has 0 spiro atoms. The van der Waals surface area contributed by atoms with Gasteiger partial charge < -0.3 is 30.5 Å².